The second kappa shape index (κ2) is 7.36. The number of carboxylic acid groups (broad SMARTS) is 1. The van der Waals surface area contributed by atoms with Crippen molar-refractivity contribution in [3.63, 3.8) is 0 Å². The molecule has 0 spiro atoms. The first kappa shape index (κ1) is 19.8. The Morgan fingerprint density at radius 3 is 2.44 bits per heavy atom. The van der Waals surface area contributed by atoms with E-state index in [2.05, 4.69) is 0 Å². The zero-order valence-corrected chi connectivity index (χ0v) is 15.1. The average Bonchev–Trinajstić information content (AvgIpc) is 3.04. The smallest absolute Gasteiger partial charge is 0.322 e. The number of sulfonamides is 2. The van der Waals surface area contributed by atoms with E-state index in [4.69, 9.17) is 5.11 Å². The van der Waals surface area contributed by atoms with Crippen molar-refractivity contribution in [3.05, 3.63) is 30.1 Å². The fraction of sp³-hybridized carbons (Fsp3) is 0.500. The first-order chi connectivity index (χ1) is 11.6. The van der Waals surface area contributed by atoms with Crippen LogP contribution in [-0.2, 0) is 24.8 Å². The Kier molecular flexibility index (Phi) is 5.82. The lowest BCUT2D eigenvalue weighted by Crippen LogP contribution is -2.43. The maximum Gasteiger partial charge on any atom is 0.322 e. The molecule has 1 heterocycles. The summed E-state index contributed by atoms with van der Waals surface area (Å²) in [6.07, 6.45) is 0.679. The molecule has 1 saturated heterocycles. The molecule has 25 heavy (non-hydrogen) atoms. The van der Waals surface area contributed by atoms with Crippen molar-refractivity contribution in [2.24, 2.45) is 0 Å². The van der Waals surface area contributed by atoms with Crippen LogP contribution in [0.3, 0.4) is 0 Å². The summed E-state index contributed by atoms with van der Waals surface area (Å²) in [6.45, 7) is -0.237. The van der Waals surface area contributed by atoms with Gasteiger partial charge in [-0.3, -0.25) is 4.79 Å². The zero-order chi connectivity index (χ0) is 18.8. The maximum atomic E-state index is 12.9. The SMILES string of the molecule is CN(CCS(=O)(=O)N1CCCC1C(=O)O)S(=O)(=O)c1ccc(F)cc1. The molecule has 1 atom stereocenters. The molecule has 2 rings (SSSR count). The first-order valence-electron chi connectivity index (χ1n) is 7.50. The predicted octanol–water partition coefficient (Wildman–Crippen LogP) is 0.325. The Morgan fingerprint density at radius 1 is 1.28 bits per heavy atom. The molecule has 0 bridgehead atoms. The van der Waals surface area contributed by atoms with Gasteiger partial charge in [-0.2, -0.15) is 8.61 Å². The highest BCUT2D eigenvalue weighted by atomic mass is 32.2. The fourth-order valence-corrected chi connectivity index (χ4v) is 5.60. The molecule has 1 unspecified atom stereocenters. The monoisotopic (exact) mass is 394 g/mol. The van der Waals surface area contributed by atoms with Gasteiger partial charge in [-0.25, -0.2) is 21.2 Å². The lowest BCUT2D eigenvalue weighted by molar-refractivity contribution is -0.140. The van der Waals surface area contributed by atoms with Crippen LogP contribution < -0.4 is 0 Å². The molecule has 1 N–H and O–H groups in total. The van der Waals surface area contributed by atoms with Gasteiger partial charge in [0, 0.05) is 20.1 Å². The number of hydrogen-bond donors (Lipinski definition) is 1. The molecule has 0 radical (unpaired) electrons. The average molecular weight is 394 g/mol. The predicted molar refractivity (Wildman–Crippen MR) is 87.4 cm³/mol. The van der Waals surface area contributed by atoms with Crippen molar-refractivity contribution in [2.75, 3.05) is 25.9 Å². The van der Waals surface area contributed by atoms with Crippen LogP contribution in [0.1, 0.15) is 12.8 Å². The number of nitrogens with zero attached hydrogens (tertiary/aromatic N) is 2. The zero-order valence-electron chi connectivity index (χ0n) is 13.5. The molecule has 8 nitrogen and oxygen atoms in total. The number of halogens is 1. The van der Waals surface area contributed by atoms with Crippen LogP contribution in [0.15, 0.2) is 29.2 Å². The molecular formula is C14H19FN2O6S2. The van der Waals surface area contributed by atoms with Gasteiger partial charge in [-0.15, -0.1) is 0 Å². The highest BCUT2D eigenvalue weighted by Gasteiger charge is 2.38. The molecule has 0 aliphatic carbocycles. The summed E-state index contributed by atoms with van der Waals surface area (Å²) in [6, 6.07) is 3.08. The summed E-state index contributed by atoms with van der Waals surface area (Å²) >= 11 is 0. The van der Waals surface area contributed by atoms with E-state index in [1.807, 2.05) is 0 Å². The molecule has 140 valence electrons. The minimum Gasteiger partial charge on any atom is -0.480 e. The van der Waals surface area contributed by atoms with Gasteiger partial charge < -0.3 is 5.11 Å². The third-order valence-corrected chi connectivity index (χ3v) is 7.75. The van der Waals surface area contributed by atoms with Crippen LogP contribution in [-0.4, -0.2) is 68.5 Å². The van der Waals surface area contributed by atoms with Gasteiger partial charge in [0.25, 0.3) is 0 Å². The molecule has 0 aromatic heterocycles. The lowest BCUT2D eigenvalue weighted by Gasteiger charge is -2.23. The topological polar surface area (TPSA) is 112 Å². The summed E-state index contributed by atoms with van der Waals surface area (Å²) in [5, 5.41) is 9.08. The molecule has 1 aromatic rings. The number of aliphatic carboxylic acids is 1. The normalized spacial score (nSPS) is 19.4. The van der Waals surface area contributed by atoms with Crippen LogP contribution in [0.2, 0.25) is 0 Å². The molecule has 1 aliphatic rings. The standard InChI is InChI=1S/C14H19FN2O6S2/c1-16(25(22,23)12-6-4-11(15)5-7-12)9-10-24(20,21)17-8-2-3-13(17)14(18)19/h4-7,13H,2-3,8-10H2,1H3,(H,18,19). The van der Waals surface area contributed by atoms with E-state index in [0.717, 1.165) is 32.9 Å². The summed E-state index contributed by atoms with van der Waals surface area (Å²) in [5.74, 6) is -2.33. The highest BCUT2D eigenvalue weighted by Crippen LogP contribution is 2.22. The largest absolute Gasteiger partial charge is 0.480 e. The number of hydrogen-bond acceptors (Lipinski definition) is 5. The van der Waals surface area contributed by atoms with E-state index in [-0.39, 0.29) is 24.4 Å². The molecule has 0 amide bonds. The Balaban J connectivity index is 2.09. The Morgan fingerprint density at radius 2 is 1.88 bits per heavy atom. The second-order valence-corrected chi connectivity index (χ2v) is 9.79. The van der Waals surface area contributed by atoms with E-state index in [9.17, 15) is 26.0 Å². The van der Waals surface area contributed by atoms with E-state index in [1.54, 1.807) is 0 Å². The van der Waals surface area contributed by atoms with Crippen molar-refractivity contribution >= 4 is 26.0 Å². The number of carboxylic acids is 1. The van der Waals surface area contributed by atoms with Crippen LogP contribution in [0, 0.1) is 5.82 Å². The lowest BCUT2D eigenvalue weighted by atomic mass is 10.2. The minimum absolute atomic E-state index is 0.105. The summed E-state index contributed by atoms with van der Waals surface area (Å²) in [4.78, 5) is 11.0. The third-order valence-electron chi connectivity index (χ3n) is 4.03. The van der Waals surface area contributed by atoms with Gasteiger partial charge >= 0.3 is 5.97 Å². The first-order valence-corrected chi connectivity index (χ1v) is 10.5. The molecule has 0 saturated carbocycles. The van der Waals surface area contributed by atoms with E-state index in [1.165, 1.54) is 7.05 Å². The molecular weight excluding hydrogens is 375 g/mol. The molecule has 11 heteroatoms. The summed E-state index contributed by atoms with van der Waals surface area (Å²) < 4.78 is 64.1. The Hall–Kier alpha value is -1.56. The highest BCUT2D eigenvalue weighted by molar-refractivity contribution is 7.90. The summed E-state index contributed by atoms with van der Waals surface area (Å²) in [5.41, 5.74) is 0. The van der Waals surface area contributed by atoms with Gasteiger partial charge in [0.2, 0.25) is 20.0 Å². The molecule has 1 aromatic carbocycles. The molecule has 1 aliphatic heterocycles. The van der Waals surface area contributed by atoms with Crippen molar-refractivity contribution in [2.45, 2.75) is 23.8 Å². The van der Waals surface area contributed by atoms with Crippen molar-refractivity contribution in [1.82, 2.24) is 8.61 Å². The van der Waals surface area contributed by atoms with Gasteiger partial charge in [0.1, 0.15) is 11.9 Å². The van der Waals surface area contributed by atoms with Crippen LogP contribution >= 0.6 is 0 Å². The second-order valence-electron chi connectivity index (χ2n) is 5.70. The third kappa shape index (κ3) is 4.35. The van der Waals surface area contributed by atoms with Crippen LogP contribution in [0.5, 0.6) is 0 Å². The Bertz CT molecular complexity index is 839. The van der Waals surface area contributed by atoms with Crippen LogP contribution in [0.25, 0.3) is 0 Å². The van der Waals surface area contributed by atoms with Gasteiger partial charge in [0.05, 0.1) is 10.6 Å². The number of carbonyl (C=O) groups is 1. The van der Waals surface area contributed by atoms with Crippen molar-refractivity contribution in [3.8, 4) is 0 Å². The quantitative estimate of drug-likeness (QED) is 0.713. The minimum atomic E-state index is -3.96. The van der Waals surface area contributed by atoms with Gasteiger partial charge in [0.15, 0.2) is 0 Å². The van der Waals surface area contributed by atoms with E-state index in [0.29, 0.717) is 6.42 Å². The number of benzene rings is 1. The van der Waals surface area contributed by atoms with E-state index < -0.39 is 43.6 Å². The fourth-order valence-electron chi connectivity index (χ4n) is 2.59. The maximum absolute atomic E-state index is 12.9. The van der Waals surface area contributed by atoms with Gasteiger partial charge in [-0.1, -0.05) is 0 Å². The molecule has 1 fully saturated rings. The summed E-state index contributed by atoms with van der Waals surface area (Å²) in [7, 11) is -6.66. The van der Waals surface area contributed by atoms with Crippen molar-refractivity contribution in [1.29, 1.82) is 0 Å². The Labute approximate surface area is 146 Å². The van der Waals surface area contributed by atoms with Gasteiger partial charge in [-0.05, 0) is 37.1 Å². The van der Waals surface area contributed by atoms with Crippen molar-refractivity contribution < 1.29 is 31.1 Å². The van der Waals surface area contributed by atoms with E-state index >= 15 is 0 Å². The van der Waals surface area contributed by atoms with Crippen LogP contribution in [0.4, 0.5) is 4.39 Å². The number of rotatable bonds is 7.